The number of rotatable bonds is 10. The van der Waals surface area contributed by atoms with E-state index in [0.29, 0.717) is 11.5 Å². The first-order valence-electron chi connectivity index (χ1n) is 11.1. The van der Waals surface area contributed by atoms with Crippen LogP contribution in [0.1, 0.15) is 33.3 Å². The number of hydrogen-bond acceptors (Lipinski definition) is 6. The predicted molar refractivity (Wildman–Crippen MR) is 136 cm³/mol. The third-order valence-corrected chi connectivity index (χ3v) is 6.31. The Labute approximate surface area is 208 Å². The Balaban J connectivity index is 2.43. The first-order valence-corrected chi connectivity index (χ1v) is 13.0. The van der Waals surface area contributed by atoms with Gasteiger partial charge in [-0.1, -0.05) is 18.2 Å². The molecule has 0 radical (unpaired) electrons. The standard InChI is InChI=1S/C25H35N3O6S/c1-18(24(30)26-25(2,3)4)27(16-19-10-8-12-21(14-19)33-5)23(29)17-28(35(7,31)32)20-11-9-13-22(15-20)34-6/h8-15,18H,16-17H2,1-7H3,(H,26,30)/t18-/m0/s1. The first kappa shape index (κ1) is 28.0. The second-order valence-electron chi connectivity index (χ2n) is 9.26. The highest BCUT2D eigenvalue weighted by atomic mass is 32.2. The van der Waals surface area contributed by atoms with Crippen LogP contribution in [0.3, 0.4) is 0 Å². The lowest BCUT2D eigenvalue weighted by molar-refractivity contribution is -0.140. The molecule has 0 aliphatic heterocycles. The summed E-state index contributed by atoms with van der Waals surface area (Å²) in [5.74, 6) is 0.184. The molecule has 0 aliphatic rings. The lowest BCUT2D eigenvalue weighted by Gasteiger charge is -2.33. The molecule has 0 aromatic heterocycles. The van der Waals surface area contributed by atoms with Gasteiger partial charge in [0.2, 0.25) is 21.8 Å². The summed E-state index contributed by atoms with van der Waals surface area (Å²) >= 11 is 0. The normalized spacial score (nSPS) is 12.4. The van der Waals surface area contributed by atoms with Crippen molar-refractivity contribution in [2.75, 3.05) is 31.3 Å². The molecule has 2 aromatic carbocycles. The maximum absolute atomic E-state index is 13.6. The summed E-state index contributed by atoms with van der Waals surface area (Å²) in [4.78, 5) is 27.9. The van der Waals surface area contributed by atoms with E-state index in [1.165, 1.54) is 18.1 Å². The third kappa shape index (κ3) is 8.17. The zero-order chi connectivity index (χ0) is 26.4. The maximum atomic E-state index is 13.6. The van der Waals surface area contributed by atoms with E-state index in [2.05, 4.69) is 5.32 Å². The van der Waals surface area contributed by atoms with Gasteiger partial charge in [0.25, 0.3) is 0 Å². The van der Waals surface area contributed by atoms with E-state index in [-0.39, 0.29) is 18.1 Å². The van der Waals surface area contributed by atoms with E-state index < -0.39 is 34.1 Å². The third-order valence-electron chi connectivity index (χ3n) is 5.17. The molecule has 1 N–H and O–H groups in total. The Bertz CT molecular complexity index is 1140. The second kappa shape index (κ2) is 11.4. The van der Waals surface area contributed by atoms with Gasteiger partial charge in [-0.15, -0.1) is 0 Å². The molecule has 0 fully saturated rings. The topological polar surface area (TPSA) is 105 Å². The van der Waals surface area contributed by atoms with Crippen molar-refractivity contribution in [1.82, 2.24) is 10.2 Å². The molecule has 9 nitrogen and oxygen atoms in total. The van der Waals surface area contributed by atoms with Crippen molar-refractivity contribution in [2.24, 2.45) is 0 Å². The summed E-state index contributed by atoms with van der Waals surface area (Å²) in [6, 6.07) is 12.7. The van der Waals surface area contributed by atoms with Gasteiger partial charge in [-0.2, -0.15) is 0 Å². The van der Waals surface area contributed by atoms with E-state index in [0.717, 1.165) is 16.1 Å². The number of benzene rings is 2. The number of nitrogens with one attached hydrogen (secondary N) is 1. The number of ether oxygens (including phenoxy) is 2. The SMILES string of the molecule is COc1cccc(CN(C(=O)CN(c2cccc(OC)c2)S(C)(=O)=O)[C@@H](C)C(=O)NC(C)(C)C)c1. The van der Waals surface area contributed by atoms with Gasteiger partial charge in [0.15, 0.2) is 0 Å². The van der Waals surface area contributed by atoms with E-state index in [1.807, 2.05) is 26.8 Å². The lowest BCUT2D eigenvalue weighted by atomic mass is 10.1. The Hall–Kier alpha value is -3.27. The molecule has 0 spiro atoms. The Morgan fingerprint density at radius 2 is 1.57 bits per heavy atom. The van der Waals surface area contributed by atoms with E-state index in [9.17, 15) is 18.0 Å². The summed E-state index contributed by atoms with van der Waals surface area (Å²) in [6.07, 6.45) is 1.03. The van der Waals surface area contributed by atoms with Gasteiger partial charge in [0.1, 0.15) is 24.1 Å². The number of anilines is 1. The monoisotopic (exact) mass is 505 g/mol. The number of sulfonamides is 1. The minimum atomic E-state index is -3.82. The number of nitrogens with zero attached hydrogens (tertiary/aromatic N) is 2. The van der Waals surface area contributed by atoms with Gasteiger partial charge >= 0.3 is 0 Å². The fraction of sp³-hybridized carbons (Fsp3) is 0.440. The van der Waals surface area contributed by atoms with Crippen LogP contribution in [0.4, 0.5) is 5.69 Å². The minimum Gasteiger partial charge on any atom is -0.497 e. The van der Waals surface area contributed by atoms with Crippen LogP contribution in [0.15, 0.2) is 48.5 Å². The van der Waals surface area contributed by atoms with Gasteiger partial charge in [-0.3, -0.25) is 13.9 Å². The number of carbonyl (C=O) groups is 2. The van der Waals surface area contributed by atoms with E-state index in [1.54, 1.807) is 50.4 Å². The Morgan fingerprint density at radius 3 is 2.11 bits per heavy atom. The van der Waals surface area contributed by atoms with Crippen molar-refractivity contribution in [3.05, 3.63) is 54.1 Å². The fourth-order valence-electron chi connectivity index (χ4n) is 3.40. The van der Waals surface area contributed by atoms with Crippen molar-refractivity contribution in [2.45, 2.75) is 45.8 Å². The van der Waals surface area contributed by atoms with Crippen LogP contribution in [0.2, 0.25) is 0 Å². The quantitative estimate of drug-likeness (QED) is 0.532. The first-order chi connectivity index (χ1) is 16.2. The molecule has 0 bridgehead atoms. The van der Waals surface area contributed by atoms with Gasteiger partial charge in [-0.25, -0.2) is 8.42 Å². The van der Waals surface area contributed by atoms with Gasteiger partial charge in [0, 0.05) is 18.2 Å². The summed E-state index contributed by atoms with van der Waals surface area (Å²) in [6.45, 7) is 6.77. The van der Waals surface area contributed by atoms with Crippen LogP contribution in [0, 0.1) is 0 Å². The van der Waals surface area contributed by atoms with E-state index in [4.69, 9.17) is 9.47 Å². The zero-order valence-corrected chi connectivity index (χ0v) is 22.2. The van der Waals surface area contributed by atoms with Crippen LogP contribution in [-0.2, 0) is 26.2 Å². The number of amides is 2. The molecule has 35 heavy (non-hydrogen) atoms. The summed E-state index contributed by atoms with van der Waals surface area (Å²) in [5, 5.41) is 2.89. The Morgan fingerprint density at radius 1 is 1.00 bits per heavy atom. The van der Waals surface area contributed by atoms with Crippen LogP contribution >= 0.6 is 0 Å². The molecule has 0 saturated carbocycles. The second-order valence-corrected chi connectivity index (χ2v) is 11.2. The molecule has 192 valence electrons. The van der Waals surface area contributed by atoms with Gasteiger partial charge < -0.3 is 19.7 Å². The predicted octanol–water partition coefficient (Wildman–Crippen LogP) is 2.80. The molecule has 2 aromatic rings. The fourth-order valence-corrected chi connectivity index (χ4v) is 4.24. The van der Waals surface area contributed by atoms with Crippen LogP contribution < -0.4 is 19.1 Å². The van der Waals surface area contributed by atoms with Crippen molar-refractivity contribution in [3.63, 3.8) is 0 Å². The lowest BCUT2D eigenvalue weighted by Crippen LogP contribution is -2.54. The van der Waals surface area contributed by atoms with E-state index >= 15 is 0 Å². The highest BCUT2D eigenvalue weighted by Gasteiger charge is 2.31. The summed E-state index contributed by atoms with van der Waals surface area (Å²) < 4.78 is 36.8. The number of hydrogen-bond donors (Lipinski definition) is 1. The van der Waals surface area contributed by atoms with Gasteiger partial charge in [0.05, 0.1) is 26.2 Å². The molecule has 0 saturated heterocycles. The molecule has 10 heteroatoms. The summed E-state index contributed by atoms with van der Waals surface area (Å²) in [7, 11) is -0.806. The highest BCUT2D eigenvalue weighted by molar-refractivity contribution is 7.92. The number of carbonyl (C=O) groups excluding carboxylic acids is 2. The van der Waals surface area contributed by atoms with Crippen molar-refractivity contribution in [3.8, 4) is 11.5 Å². The molecule has 2 amide bonds. The molecular formula is C25H35N3O6S. The summed E-state index contributed by atoms with van der Waals surface area (Å²) in [5.41, 5.74) is 0.517. The molecule has 0 aliphatic carbocycles. The van der Waals surface area contributed by atoms with Gasteiger partial charge in [-0.05, 0) is 57.5 Å². The van der Waals surface area contributed by atoms with Crippen LogP contribution in [-0.4, -0.2) is 63.7 Å². The zero-order valence-electron chi connectivity index (χ0n) is 21.4. The van der Waals surface area contributed by atoms with Crippen molar-refractivity contribution < 1.29 is 27.5 Å². The Kier molecular flexibility index (Phi) is 9.14. The van der Waals surface area contributed by atoms with Crippen LogP contribution in [0.5, 0.6) is 11.5 Å². The maximum Gasteiger partial charge on any atom is 0.244 e. The molecule has 0 heterocycles. The smallest absolute Gasteiger partial charge is 0.244 e. The molecule has 2 rings (SSSR count). The minimum absolute atomic E-state index is 0.0878. The highest BCUT2D eigenvalue weighted by Crippen LogP contribution is 2.24. The molecule has 0 unspecified atom stereocenters. The molecular weight excluding hydrogens is 470 g/mol. The molecule has 1 atom stereocenters. The largest absolute Gasteiger partial charge is 0.497 e. The average molecular weight is 506 g/mol. The number of methoxy groups -OCH3 is 2. The van der Waals surface area contributed by atoms with Crippen molar-refractivity contribution in [1.29, 1.82) is 0 Å². The van der Waals surface area contributed by atoms with Crippen LogP contribution in [0.25, 0.3) is 0 Å². The van der Waals surface area contributed by atoms with Crippen molar-refractivity contribution >= 4 is 27.5 Å². The average Bonchev–Trinajstić information content (AvgIpc) is 2.78.